The van der Waals surface area contributed by atoms with Crippen molar-refractivity contribution in [3.63, 3.8) is 0 Å². The number of alkyl halides is 3. The molecule has 1 aliphatic rings. The molecule has 0 bridgehead atoms. The van der Waals surface area contributed by atoms with Crippen molar-refractivity contribution in [2.45, 2.75) is 25.1 Å². The number of aliphatic hydroxyl groups is 1. The maximum absolute atomic E-state index is 13.5. The summed E-state index contributed by atoms with van der Waals surface area (Å²) in [7, 11) is 0. The molecule has 1 N–H and O–H groups in total. The molecule has 4 nitrogen and oxygen atoms in total. The van der Waals surface area contributed by atoms with Crippen LogP contribution in [0.2, 0.25) is 0 Å². The molecule has 116 valence electrons. The number of amides is 1. The maximum atomic E-state index is 13.5. The second-order valence-corrected chi connectivity index (χ2v) is 4.97. The molecule has 21 heavy (non-hydrogen) atoms. The highest BCUT2D eigenvalue weighted by molar-refractivity contribution is 5.94. The first-order chi connectivity index (χ1) is 9.80. The van der Waals surface area contributed by atoms with Crippen molar-refractivity contribution in [1.82, 2.24) is 9.88 Å². The van der Waals surface area contributed by atoms with Gasteiger partial charge in [0.15, 0.2) is 11.9 Å². The van der Waals surface area contributed by atoms with Crippen molar-refractivity contribution >= 4 is 5.91 Å². The van der Waals surface area contributed by atoms with E-state index in [1.54, 1.807) is 0 Å². The van der Waals surface area contributed by atoms with Gasteiger partial charge in [-0.05, 0) is 24.8 Å². The van der Waals surface area contributed by atoms with Crippen LogP contribution in [0.4, 0.5) is 17.6 Å². The number of carbonyl (C=O) groups is 1. The van der Waals surface area contributed by atoms with E-state index >= 15 is 0 Å². The molecule has 2 heterocycles. The van der Waals surface area contributed by atoms with E-state index in [2.05, 4.69) is 4.98 Å². The Bertz CT molecular complexity index is 513. The highest BCUT2D eigenvalue weighted by Gasteiger charge is 2.44. The topological polar surface area (TPSA) is 53.4 Å². The fourth-order valence-electron chi connectivity index (χ4n) is 2.40. The quantitative estimate of drug-likeness (QED) is 0.850. The first kappa shape index (κ1) is 15.7. The van der Waals surface area contributed by atoms with E-state index in [1.807, 2.05) is 0 Å². The van der Waals surface area contributed by atoms with Crippen molar-refractivity contribution in [2.24, 2.45) is 5.92 Å². The number of aromatic nitrogens is 1. The van der Waals surface area contributed by atoms with Crippen LogP contribution in [0.1, 0.15) is 23.2 Å². The van der Waals surface area contributed by atoms with Crippen LogP contribution in [-0.4, -0.2) is 46.3 Å². The van der Waals surface area contributed by atoms with E-state index in [-0.39, 0.29) is 31.5 Å². The van der Waals surface area contributed by atoms with Gasteiger partial charge in [-0.1, -0.05) is 0 Å². The first-order valence-electron chi connectivity index (χ1n) is 6.44. The molecule has 0 aromatic carbocycles. The molecule has 1 aromatic rings. The number of hydrogen-bond donors (Lipinski definition) is 1. The molecule has 0 spiro atoms. The van der Waals surface area contributed by atoms with Crippen molar-refractivity contribution < 1.29 is 27.5 Å². The highest BCUT2D eigenvalue weighted by atomic mass is 19.4. The van der Waals surface area contributed by atoms with Gasteiger partial charge in [-0.3, -0.25) is 9.78 Å². The van der Waals surface area contributed by atoms with Gasteiger partial charge in [0.1, 0.15) is 0 Å². The second-order valence-electron chi connectivity index (χ2n) is 4.97. The van der Waals surface area contributed by atoms with Crippen LogP contribution in [0, 0.1) is 11.7 Å². The molecule has 1 atom stereocenters. The number of piperidine rings is 1. The molecule has 0 saturated carbocycles. The Morgan fingerprint density at radius 3 is 2.52 bits per heavy atom. The molecule has 1 fully saturated rings. The lowest BCUT2D eigenvalue weighted by atomic mass is 9.90. The Morgan fingerprint density at radius 2 is 2.00 bits per heavy atom. The molecule has 1 aliphatic heterocycles. The number of nitrogens with zero attached hydrogens (tertiary/aromatic N) is 2. The smallest absolute Gasteiger partial charge is 0.383 e. The number of rotatable bonds is 2. The Kier molecular flexibility index (Phi) is 4.46. The van der Waals surface area contributed by atoms with Crippen LogP contribution in [-0.2, 0) is 0 Å². The highest BCUT2D eigenvalue weighted by Crippen LogP contribution is 2.31. The zero-order valence-electron chi connectivity index (χ0n) is 11.0. The van der Waals surface area contributed by atoms with Gasteiger partial charge < -0.3 is 10.0 Å². The summed E-state index contributed by atoms with van der Waals surface area (Å²) in [6.45, 7) is 0.108. The third kappa shape index (κ3) is 3.49. The number of carbonyl (C=O) groups excluding carboxylic acids is 1. The standard InChI is InChI=1S/C13H14F4N2O2/c14-10-7-18-4-1-9(10)12(21)19-5-2-8(3-6-19)11(20)13(15,16)17/h1,4,7-8,11,20H,2-3,5-6H2. The molecule has 1 saturated heterocycles. The van der Waals surface area contributed by atoms with Gasteiger partial charge in [0, 0.05) is 19.3 Å². The Hall–Kier alpha value is -1.70. The summed E-state index contributed by atoms with van der Waals surface area (Å²) in [4.78, 5) is 16.9. The molecule has 8 heteroatoms. The molecule has 0 radical (unpaired) electrons. The lowest BCUT2D eigenvalue weighted by molar-refractivity contribution is -0.222. The van der Waals surface area contributed by atoms with Crippen LogP contribution in [0.25, 0.3) is 0 Å². The van der Waals surface area contributed by atoms with E-state index in [1.165, 1.54) is 17.2 Å². The predicted molar refractivity (Wildman–Crippen MR) is 64.9 cm³/mol. The third-order valence-corrected chi connectivity index (χ3v) is 3.61. The monoisotopic (exact) mass is 306 g/mol. The molecule has 0 aliphatic carbocycles. The largest absolute Gasteiger partial charge is 0.414 e. The number of halogens is 4. The van der Waals surface area contributed by atoms with E-state index in [0.717, 1.165) is 6.20 Å². The summed E-state index contributed by atoms with van der Waals surface area (Å²) in [5.74, 6) is -2.27. The van der Waals surface area contributed by atoms with Gasteiger partial charge in [-0.25, -0.2) is 4.39 Å². The minimum Gasteiger partial charge on any atom is -0.383 e. The van der Waals surface area contributed by atoms with Crippen molar-refractivity contribution in [1.29, 1.82) is 0 Å². The molecule has 1 unspecified atom stereocenters. The minimum atomic E-state index is -4.66. The first-order valence-corrected chi connectivity index (χ1v) is 6.44. The molecular formula is C13H14F4N2O2. The molecule has 1 aromatic heterocycles. The average Bonchev–Trinajstić information content (AvgIpc) is 2.45. The van der Waals surface area contributed by atoms with Crippen LogP contribution in [0.3, 0.4) is 0 Å². The van der Waals surface area contributed by atoms with Crippen LogP contribution < -0.4 is 0 Å². The predicted octanol–water partition coefficient (Wildman–Crippen LogP) is 2.00. The maximum Gasteiger partial charge on any atom is 0.414 e. The number of hydrogen-bond acceptors (Lipinski definition) is 3. The number of aliphatic hydroxyl groups excluding tert-OH is 1. The van der Waals surface area contributed by atoms with Crippen LogP contribution in [0.5, 0.6) is 0 Å². The molecular weight excluding hydrogens is 292 g/mol. The van der Waals surface area contributed by atoms with Crippen LogP contribution in [0.15, 0.2) is 18.5 Å². The number of pyridine rings is 1. The van der Waals surface area contributed by atoms with Crippen LogP contribution >= 0.6 is 0 Å². The summed E-state index contributed by atoms with van der Waals surface area (Å²) in [6.07, 6.45) is -4.80. The zero-order valence-corrected chi connectivity index (χ0v) is 11.0. The summed E-state index contributed by atoms with van der Waals surface area (Å²) >= 11 is 0. The zero-order chi connectivity index (χ0) is 15.6. The fraction of sp³-hybridized carbons (Fsp3) is 0.538. The van der Waals surface area contributed by atoms with E-state index in [0.29, 0.717) is 0 Å². The Balaban J connectivity index is 1.98. The number of likely N-dealkylation sites (tertiary alicyclic amines) is 1. The Labute approximate surface area is 118 Å². The second kappa shape index (κ2) is 5.97. The van der Waals surface area contributed by atoms with Crippen molar-refractivity contribution in [3.05, 3.63) is 29.8 Å². The molecule has 1 amide bonds. The minimum absolute atomic E-state index is 0.0269. The van der Waals surface area contributed by atoms with Gasteiger partial charge in [0.05, 0.1) is 11.8 Å². The average molecular weight is 306 g/mol. The normalized spacial score (nSPS) is 18.6. The lowest BCUT2D eigenvalue weighted by Crippen LogP contribution is -2.45. The van der Waals surface area contributed by atoms with Gasteiger partial charge >= 0.3 is 6.18 Å². The molecule has 2 rings (SSSR count). The summed E-state index contributed by atoms with van der Waals surface area (Å²) in [5, 5.41) is 9.20. The van der Waals surface area contributed by atoms with Gasteiger partial charge in [-0.2, -0.15) is 13.2 Å². The van der Waals surface area contributed by atoms with Gasteiger partial charge in [0.25, 0.3) is 5.91 Å². The lowest BCUT2D eigenvalue weighted by Gasteiger charge is -2.34. The summed E-state index contributed by atoms with van der Waals surface area (Å²) < 4.78 is 50.7. The Morgan fingerprint density at radius 1 is 1.38 bits per heavy atom. The van der Waals surface area contributed by atoms with Crippen molar-refractivity contribution in [2.75, 3.05) is 13.1 Å². The van der Waals surface area contributed by atoms with Gasteiger partial charge in [0.2, 0.25) is 0 Å². The van der Waals surface area contributed by atoms with Crippen molar-refractivity contribution in [3.8, 4) is 0 Å². The van der Waals surface area contributed by atoms with Gasteiger partial charge in [-0.15, -0.1) is 0 Å². The van der Waals surface area contributed by atoms with E-state index < -0.39 is 29.9 Å². The SMILES string of the molecule is O=C(c1ccncc1F)N1CCC(C(O)C(F)(F)F)CC1. The van der Waals surface area contributed by atoms with E-state index in [9.17, 15) is 27.5 Å². The summed E-state index contributed by atoms with van der Waals surface area (Å²) in [6, 6.07) is 1.23. The third-order valence-electron chi connectivity index (χ3n) is 3.61. The fourth-order valence-corrected chi connectivity index (χ4v) is 2.40. The summed E-state index contributed by atoms with van der Waals surface area (Å²) in [5.41, 5.74) is -0.153. The van der Waals surface area contributed by atoms with E-state index in [4.69, 9.17) is 0 Å².